The van der Waals surface area contributed by atoms with Gasteiger partial charge in [0.05, 0.1) is 0 Å². The van der Waals surface area contributed by atoms with Crippen LogP contribution in [0, 0.1) is 13.8 Å². The first-order valence-corrected chi connectivity index (χ1v) is 9.04. The maximum absolute atomic E-state index is 13.0. The summed E-state index contributed by atoms with van der Waals surface area (Å²) in [6.07, 6.45) is 0. The predicted molar refractivity (Wildman–Crippen MR) is 99.1 cm³/mol. The minimum Gasteiger partial charge on any atom is -0.349 e. The molecule has 142 valence electrons. The summed E-state index contributed by atoms with van der Waals surface area (Å²) in [7, 11) is 0. The number of urea groups is 1. The highest BCUT2D eigenvalue weighted by atomic mass is 16.6. The predicted octanol–water partition coefficient (Wildman–Crippen LogP) is 1.18. The van der Waals surface area contributed by atoms with E-state index < -0.39 is 0 Å². The molecule has 3 amide bonds. The van der Waals surface area contributed by atoms with Gasteiger partial charge in [0, 0.05) is 50.5 Å². The molecule has 9 heteroatoms. The number of amides is 3. The standard InChI is InChI=1S/C18H22N6O3/c1-12-3-4-14(11-15(12)24-6-5-19-18(24)26)17(25)23-9-7-22(8-10-23)16-13(2)20-27-21-16/h3-4,11H,5-10H2,1-2H3,(H,19,26). The Labute approximate surface area is 156 Å². The summed E-state index contributed by atoms with van der Waals surface area (Å²) in [4.78, 5) is 30.5. The summed E-state index contributed by atoms with van der Waals surface area (Å²) in [6.45, 7) is 7.57. The zero-order chi connectivity index (χ0) is 19.0. The number of nitrogens with zero attached hydrogens (tertiary/aromatic N) is 5. The summed E-state index contributed by atoms with van der Waals surface area (Å²) in [5.41, 5.74) is 3.12. The molecule has 27 heavy (non-hydrogen) atoms. The second kappa shape index (κ2) is 6.90. The molecule has 0 radical (unpaired) electrons. The summed E-state index contributed by atoms with van der Waals surface area (Å²) in [6, 6.07) is 5.43. The number of hydrogen-bond acceptors (Lipinski definition) is 6. The van der Waals surface area contributed by atoms with Gasteiger partial charge in [-0.15, -0.1) is 0 Å². The quantitative estimate of drug-likeness (QED) is 0.872. The van der Waals surface area contributed by atoms with E-state index >= 15 is 0 Å². The van der Waals surface area contributed by atoms with Gasteiger partial charge in [0.15, 0.2) is 5.82 Å². The number of nitrogens with one attached hydrogen (secondary N) is 1. The Morgan fingerprint density at radius 1 is 1.11 bits per heavy atom. The highest BCUT2D eigenvalue weighted by Crippen LogP contribution is 2.25. The Kier molecular flexibility index (Phi) is 4.43. The molecule has 0 spiro atoms. The van der Waals surface area contributed by atoms with Gasteiger partial charge in [-0.1, -0.05) is 11.2 Å². The van der Waals surface area contributed by atoms with E-state index in [1.165, 1.54) is 0 Å². The molecule has 1 aromatic heterocycles. The molecule has 0 atom stereocenters. The number of anilines is 2. The summed E-state index contributed by atoms with van der Waals surface area (Å²) in [5.74, 6) is 0.713. The summed E-state index contributed by atoms with van der Waals surface area (Å²) in [5, 5.41) is 10.5. The van der Waals surface area contributed by atoms with Crippen molar-refractivity contribution >= 4 is 23.4 Å². The molecule has 1 N–H and O–H groups in total. The highest BCUT2D eigenvalue weighted by molar-refractivity contribution is 5.99. The van der Waals surface area contributed by atoms with Gasteiger partial charge in [-0.05, 0) is 36.7 Å². The Hall–Kier alpha value is -3.10. The molecule has 4 rings (SSSR count). The highest BCUT2D eigenvalue weighted by Gasteiger charge is 2.27. The van der Waals surface area contributed by atoms with E-state index in [4.69, 9.17) is 4.63 Å². The molecule has 9 nitrogen and oxygen atoms in total. The van der Waals surface area contributed by atoms with E-state index in [0.29, 0.717) is 44.8 Å². The number of benzene rings is 1. The summed E-state index contributed by atoms with van der Waals surface area (Å²) < 4.78 is 4.76. The van der Waals surface area contributed by atoms with Crippen molar-refractivity contribution in [3.63, 3.8) is 0 Å². The maximum atomic E-state index is 13.0. The van der Waals surface area contributed by atoms with Crippen LogP contribution in [0.2, 0.25) is 0 Å². The second-order valence-electron chi connectivity index (χ2n) is 6.84. The van der Waals surface area contributed by atoms with Crippen LogP contribution in [-0.2, 0) is 0 Å². The second-order valence-corrected chi connectivity index (χ2v) is 6.84. The van der Waals surface area contributed by atoms with Crippen LogP contribution in [0.3, 0.4) is 0 Å². The topological polar surface area (TPSA) is 94.8 Å². The lowest BCUT2D eigenvalue weighted by molar-refractivity contribution is 0.0746. The molecular formula is C18H22N6O3. The Balaban J connectivity index is 1.47. The minimum atomic E-state index is -0.118. The molecule has 3 heterocycles. The van der Waals surface area contributed by atoms with Gasteiger partial charge in [-0.2, -0.15) is 0 Å². The first-order valence-electron chi connectivity index (χ1n) is 9.04. The van der Waals surface area contributed by atoms with Gasteiger partial charge in [0.25, 0.3) is 5.91 Å². The van der Waals surface area contributed by atoms with Crippen molar-refractivity contribution in [2.45, 2.75) is 13.8 Å². The molecule has 2 saturated heterocycles. The van der Waals surface area contributed by atoms with E-state index in [-0.39, 0.29) is 11.9 Å². The lowest BCUT2D eigenvalue weighted by Crippen LogP contribution is -2.49. The first-order chi connectivity index (χ1) is 13.0. The molecule has 0 saturated carbocycles. The molecule has 1 aromatic carbocycles. The van der Waals surface area contributed by atoms with Crippen LogP contribution < -0.4 is 15.1 Å². The van der Waals surface area contributed by atoms with Gasteiger partial charge >= 0.3 is 6.03 Å². The third-order valence-electron chi connectivity index (χ3n) is 5.10. The fourth-order valence-electron chi connectivity index (χ4n) is 3.55. The van der Waals surface area contributed by atoms with Crippen molar-refractivity contribution in [1.29, 1.82) is 0 Å². The van der Waals surface area contributed by atoms with Gasteiger partial charge in [0.2, 0.25) is 0 Å². The van der Waals surface area contributed by atoms with Crippen molar-refractivity contribution in [2.75, 3.05) is 49.1 Å². The largest absolute Gasteiger partial charge is 0.349 e. The number of rotatable bonds is 3. The Bertz CT molecular complexity index is 872. The van der Waals surface area contributed by atoms with Crippen LogP contribution in [0.15, 0.2) is 22.8 Å². The lowest BCUT2D eigenvalue weighted by atomic mass is 10.1. The van der Waals surface area contributed by atoms with E-state index in [1.807, 2.05) is 36.9 Å². The fraction of sp³-hybridized carbons (Fsp3) is 0.444. The average molecular weight is 370 g/mol. The first kappa shape index (κ1) is 17.3. The smallest absolute Gasteiger partial charge is 0.322 e. The number of piperazine rings is 1. The van der Waals surface area contributed by atoms with Crippen LogP contribution in [-0.4, -0.2) is 66.4 Å². The molecule has 0 bridgehead atoms. The number of aromatic nitrogens is 2. The zero-order valence-corrected chi connectivity index (χ0v) is 15.4. The van der Waals surface area contributed by atoms with Gasteiger partial charge < -0.3 is 15.1 Å². The monoisotopic (exact) mass is 370 g/mol. The van der Waals surface area contributed by atoms with Crippen LogP contribution in [0.5, 0.6) is 0 Å². The summed E-state index contributed by atoms with van der Waals surface area (Å²) >= 11 is 0. The average Bonchev–Trinajstić information content (AvgIpc) is 3.30. The molecule has 2 aliphatic rings. The van der Waals surface area contributed by atoms with Gasteiger partial charge in [-0.3, -0.25) is 9.69 Å². The number of aryl methyl sites for hydroxylation is 2. The van der Waals surface area contributed by atoms with Gasteiger partial charge in [-0.25, -0.2) is 9.42 Å². The third-order valence-corrected chi connectivity index (χ3v) is 5.10. The fourth-order valence-corrected chi connectivity index (χ4v) is 3.55. The SMILES string of the molecule is Cc1ccc(C(=O)N2CCN(c3nonc3C)CC2)cc1N1CCNC1=O. The number of carbonyl (C=O) groups excluding carboxylic acids is 2. The molecular weight excluding hydrogens is 348 g/mol. The van der Waals surface area contributed by atoms with Gasteiger partial charge in [0.1, 0.15) is 5.69 Å². The normalized spacial score (nSPS) is 17.4. The Morgan fingerprint density at radius 2 is 1.89 bits per heavy atom. The van der Waals surface area contributed by atoms with Crippen LogP contribution in [0.25, 0.3) is 0 Å². The van der Waals surface area contributed by atoms with Crippen molar-refractivity contribution in [1.82, 2.24) is 20.5 Å². The van der Waals surface area contributed by atoms with Crippen molar-refractivity contribution in [3.05, 3.63) is 35.0 Å². The molecule has 2 aromatic rings. The van der Waals surface area contributed by atoms with Crippen molar-refractivity contribution < 1.29 is 14.2 Å². The number of carbonyl (C=O) groups is 2. The molecule has 2 aliphatic heterocycles. The Morgan fingerprint density at radius 3 is 2.52 bits per heavy atom. The van der Waals surface area contributed by atoms with E-state index in [2.05, 4.69) is 20.5 Å². The maximum Gasteiger partial charge on any atom is 0.322 e. The minimum absolute atomic E-state index is 0.0227. The van der Waals surface area contributed by atoms with Crippen LogP contribution in [0.4, 0.5) is 16.3 Å². The van der Waals surface area contributed by atoms with Crippen molar-refractivity contribution in [2.24, 2.45) is 0 Å². The van der Waals surface area contributed by atoms with E-state index in [1.54, 1.807) is 4.90 Å². The number of hydrogen-bond donors (Lipinski definition) is 1. The van der Waals surface area contributed by atoms with Crippen LogP contribution in [0.1, 0.15) is 21.6 Å². The van der Waals surface area contributed by atoms with E-state index in [9.17, 15) is 9.59 Å². The van der Waals surface area contributed by atoms with Crippen LogP contribution >= 0.6 is 0 Å². The molecule has 2 fully saturated rings. The third kappa shape index (κ3) is 3.20. The molecule has 0 aliphatic carbocycles. The van der Waals surface area contributed by atoms with E-state index in [0.717, 1.165) is 22.8 Å². The molecule has 0 unspecified atom stereocenters. The zero-order valence-electron chi connectivity index (χ0n) is 15.4. The van der Waals surface area contributed by atoms with Crippen molar-refractivity contribution in [3.8, 4) is 0 Å². The lowest BCUT2D eigenvalue weighted by Gasteiger charge is -2.34.